The molecule has 1 aliphatic rings. The molecule has 1 aliphatic heterocycles. The molecule has 1 radical (unpaired) electrons. The third-order valence-electron chi connectivity index (χ3n) is 2.11. The van der Waals surface area contributed by atoms with Gasteiger partial charge in [0.2, 0.25) is 0 Å². The number of methoxy groups -OCH3 is 1. The minimum Gasteiger partial charge on any atom is -0.453 e. The second-order valence-electron chi connectivity index (χ2n) is 2.82. The number of rotatable bonds is 1. The van der Waals surface area contributed by atoms with E-state index < -0.39 is 0 Å². The predicted molar refractivity (Wildman–Crippen MR) is 43.4 cm³/mol. The molecule has 1 fully saturated rings. The van der Waals surface area contributed by atoms with Gasteiger partial charge in [0.15, 0.2) is 0 Å². The Hall–Kier alpha value is -0.770. The molecule has 0 aromatic heterocycles. The first-order valence-electron chi connectivity index (χ1n) is 4.01. The number of likely N-dealkylation sites (tertiary alicyclic amines) is 1. The van der Waals surface area contributed by atoms with Crippen LogP contribution in [0.1, 0.15) is 12.8 Å². The highest BCUT2D eigenvalue weighted by Gasteiger charge is 2.22. The highest BCUT2D eigenvalue weighted by atomic mass is 16.5. The normalized spacial score (nSPS) is 19.3. The lowest BCUT2D eigenvalue weighted by Crippen LogP contribution is -2.40. The van der Waals surface area contributed by atoms with E-state index in [0.29, 0.717) is 13.1 Å². The summed E-state index contributed by atoms with van der Waals surface area (Å²) in [7, 11) is 4.76. The van der Waals surface area contributed by atoms with Crippen LogP contribution in [0, 0.1) is 7.11 Å². The maximum Gasteiger partial charge on any atom is 0.409 e. The zero-order chi connectivity index (χ0) is 8.97. The first-order valence-corrected chi connectivity index (χ1v) is 4.01. The Morgan fingerprint density at radius 2 is 2.08 bits per heavy atom. The van der Waals surface area contributed by atoms with Crippen LogP contribution in [-0.4, -0.2) is 37.3 Å². The molecule has 69 valence electrons. The lowest BCUT2D eigenvalue weighted by Gasteiger charge is -2.29. The predicted octanol–water partition coefficient (Wildman–Crippen LogP) is 1.03. The number of carbonyl (C=O) groups excluding carboxylic acids is 1. The van der Waals surface area contributed by atoms with Crippen LogP contribution >= 0.6 is 0 Å². The van der Waals surface area contributed by atoms with Crippen molar-refractivity contribution in [3.8, 4) is 0 Å². The number of piperidine rings is 1. The average Bonchev–Trinajstić information content (AvgIpc) is 2.17. The van der Waals surface area contributed by atoms with E-state index in [1.807, 2.05) is 0 Å². The molecule has 1 amide bonds. The van der Waals surface area contributed by atoms with Crippen molar-refractivity contribution in [3.05, 3.63) is 7.11 Å². The summed E-state index contributed by atoms with van der Waals surface area (Å²) in [5.74, 6) is 0. The Bertz CT molecular complexity index is 152. The Morgan fingerprint density at radius 3 is 2.50 bits per heavy atom. The molecule has 0 atom stereocenters. The molecule has 0 aromatic carbocycles. The van der Waals surface area contributed by atoms with Crippen molar-refractivity contribution in [2.24, 2.45) is 0 Å². The monoisotopic (exact) mass is 172 g/mol. The second kappa shape index (κ2) is 4.30. The molecule has 0 spiro atoms. The summed E-state index contributed by atoms with van der Waals surface area (Å²) in [6.45, 7) is 1.40. The van der Waals surface area contributed by atoms with Gasteiger partial charge < -0.3 is 14.4 Å². The molecular weight excluding hydrogens is 158 g/mol. The van der Waals surface area contributed by atoms with Crippen LogP contribution in [0.25, 0.3) is 0 Å². The number of ether oxygens (including phenoxy) is 2. The lowest BCUT2D eigenvalue weighted by atomic mass is 10.1. The number of nitrogens with zero attached hydrogens (tertiary/aromatic N) is 1. The molecule has 12 heavy (non-hydrogen) atoms. The fourth-order valence-electron chi connectivity index (χ4n) is 1.33. The van der Waals surface area contributed by atoms with Crippen molar-refractivity contribution in [1.82, 2.24) is 4.90 Å². The van der Waals surface area contributed by atoms with E-state index in [0.717, 1.165) is 12.8 Å². The summed E-state index contributed by atoms with van der Waals surface area (Å²) >= 11 is 0. The smallest absolute Gasteiger partial charge is 0.409 e. The fourth-order valence-corrected chi connectivity index (χ4v) is 1.33. The summed E-state index contributed by atoms with van der Waals surface area (Å²) in [6.07, 6.45) is 1.64. The summed E-state index contributed by atoms with van der Waals surface area (Å²) in [5, 5.41) is 0. The van der Waals surface area contributed by atoms with Gasteiger partial charge in [-0.15, -0.1) is 0 Å². The van der Waals surface area contributed by atoms with E-state index in [1.54, 1.807) is 4.90 Å². The van der Waals surface area contributed by atoms with Crippen LogP contribution in [0.4, 0.5) is 4.79 Å². The second-order valence-corrected chi connectivity index (χ2v) is 2.82. The van der Waals surface area contributed by atoms with Crippen molar-refractivity contribution in [1.29, 1.82) is 0 Å². The Labute approximate surface area is 72.4 Å². The van der Waals surface area contributed by atoms with Gasteiger partial charge in [0.25, 0.3) is 0 Å². The third-order valence-corrected chi connectivity index (χ3v) is 2.11. The molecule has 4 nitrogen and oxygen atoms in total. The van der Waals surface area contributed by atoms with Gasteiger partial charge >= 0.3 is 6.09 Å². The molecule has 0 N–H and O–H groups in total. The molecule has 1 rings (SSSR count). The van der Waals surface area contributed by atoms with Crippen LogP contribution < -0.4 is 0 Å². The first kappa shape index (κ1) is 9.32. The Balaban J connectivity index is 2.30. The van der Waals surface area contributed by atoms with E-state index in [4.69, 9.17) is 4.74 Å². The molecular formula is C8H14NO3. The molecule has 0 bridgehead atoms. The third kappa shape index (κ3) is 2.11. The Kier molecular flexibility index (Phi) is 3.34. The maximum absolute atomic E-state index is 11.0. The summed E-state index contributed by atoms with van der Waals surface area (Å²) in [6, 6.07) is 0. The number of carbonyl (C=O) groups is 1. The van der Waals surface area contributed by atoms with Crippen molar-refractivity contribution in [2.75, 3.05) is 20.2 Å². The molecule has 0 aliphatic carbocycles. The first-order chi connectivity index (χ1) is 5.77. The van der Waals surface area contributed by atoms with E-state index in [2.05, 4.69) is 11.8 Å². The van der Waals surface area contributed by atoms with Gasteiger partial charge in [0.05, 0.1) is 20.3 Å². The molecule has 1 heterocycles. The zero-order valence-electron chi connectivity index (χ0n) is 7.28. The molecule has 0 unspecified atom stereocenters. The van der Waals surface area contributed by atoms with E-state index in [9.17, 15) is 4.79 Å². The molecule has 0 saturated carbocycles. The van der Waals surface area contributed by atoms with Gasteiger partial charge in [-0.25, -0.2) is 4.79 Å². The minimum atomic E-state index is -0.252. The van der Waals surface area contributed by atoms with Gasteiger partial charge in [-0.3, -0.25) is 0 Å². The van der Waals surface area contributed by atoms with Crippen molar-refractivity contribution in [2.45, 2.75) is 18.9 Å². The standard InChI is InChI=1S/C8H14NO3/c1-11-7-3-5-9(6-4-7)8(10)12-2/h7H,1,3-6H2,2H3. The maximum atomic E-state index is 11.0. The number of hydrogen-bond donors (Lipinski definition) is 0. The number of amides is 1. The van der Waals surface area contributed by atoms with Gasteiger partial charge in [0.1, 0.15) is 0 Å². The van der Waals surface area contributed by atoms with Gasteiger partial charge in [-0.05, 0) is 12.8 Å². The van der Waals surface area contributed by atoms with Crippen molar-refractivity contribution < 1.29 is 14.3 Å². The van der Waals surface area contributed by atoms with Crippen molar-refractivity contribution in [3.63, 3.8) is 0 Å². The highest BCUT2D eigenvalue weighted by Crippen LogP contribution is 2.13. The molecule has 4 heteroatoms. The summed E-state index contributed by atoms with van der Waals surface area (Å²) < 4.78 is 9.51. The van der Waals surface area contributed by atoms with Crippen LogP contribution in [0.5, 0.6) is 0 Å². The van der Waals surface area contributed by atoms with Gasteiger partial charge in [0, 0.05) is 13.1 Å². The highest BCUT2D eigenvalue weighted by molar-refractivity contribution is 5.67. The van der Waals surface area contributed by atoms with E-state index >= 15 is 0 Å². The lowest BCUT2D eigenvalue weighted by molar-refractivity contribution is 0.0556. The average molecular weight is 172 g/mol. The Morgan fingerprint density at radius 1 is 1.50 bits per heavy atom. The number of hydrogen-bond acceptors (Lipinski definition) is 3. The van der Waals surface area contributed by atoms with Gasteiger partial charge in [-0.1, -0.05) is 0 Å². The summed E-state index contributed by atoms with van der Waals surface area (Å²) in [5.41, 5.74) is 0. The molecule has 1 saturated heterocycles. The van der Waals surface area contributed by atoms with Gasteiger partial charge in [-0.2, -0.15) is 0 Å². The zero-order valence-corrected chi connectivity index (χ0v) is 7.28. The van der Waals surface area contributed by atoms with Crippen LogP contribution in [-0.2, 0) is 9.47 Å². The topological polar surface area (TPSA) is 38.8 Å². The summed E-state index contributed by atoms with van der Waals surface area (Å²) in [4.78, 5) is 12.7. The van der Waals surface area contributed by atoms with E-state index in [1.165, 1.54) is 7.11 Å². The minimum absolute atomic E-state index is 0.200. The van der Waals surface area contributed by atoms with E-state index in [-0.39, 0.29) is 12.2 Å². The largest absolute Gasteiger partial charge is 0.453 e. The molecule has 0 aromatic rings. The van der Waals surface area contributed by atoms with Crippen LogP contribution in [0.15, 0.2) is 0 Å². The van der Waals surface area contributed by atoms with Crippen LogP contribution in [0.3, 0.4) is 0 Å². The SMILES string of the molecule is [CH2]OC1CCN(C(=O)OC)CC1. The van der Waals surface area contributed by atoms with Crippen molar-refractivity contribution >= 4 is 6.09 Å². The quantitative estimate of drug-likeness (QED) is 0.593. The fraction of sp³-hybridized carbons (Fsp3) is 0.750. The van der Waals surface area contributed by atoms with Crippen LogP contribution in [0.2, 0.25) is 0 Å².